The first-order valence-corrected chi connectivity index (χ1v) is 8.98. The largest absolute Gasteiger partial charge is 0.489 e. The van der Waals surface area contributed by atoms with E-state index in [4.69, 9.17) is 4.74 Å². The molecule has 6 heteroatoms. The molecule has 2 aliphatic rings. The minimum Gasteiger partial charge on any atom is -0.489 e. The first kappa shape index (κ1) is 17.3. The molecule has 0 aliphatic carbocycles. The summed E-state index contributed by atoms with van der Waals surface area (Å²) in [5.41, 5.74) is 3.32. The lowest BCUT2D eigenvalue weighted by molar-refractivity contribution is -0.136. The molecule has 1 N–H and O–H groups in total. The quantitative estimate of drug-likeness (QED) is 0.845. The summed E-state index contributed by atoms with van der Waals surface area (Å²) in [4.78, 5) is 38.1. The van der Waals surface area contributed by atoms with Crippen molar-refractivity contribution >= 4 is 17.7 Å². The number of ether oxygens (including phenoxy) is 1. The number of imide groups is 1. The van der Waals surface area contributed by atoms with Crippen LogP contribution < -0.4 is 10.1 Å². The Balaban J connectivity index is 1.54. The van der Waals surface area contributed by atoms with Crippen molar-refractivity contribution in [2.45, 2.75) is 39.0 Å². The van der Waals surface area contributed by atoms with E-state index in [0.29, 0.717) is 30.9 Å². The molecule has 0 radical (unpaired) electrons. The van der Waals surface area contributed by atoms with Gasteiger partial charge < -0.3 is 9.64 Å². The highest BCUT2D eigenvalue weighted by molar-refractivity contribution is 6.06. The third-order valence-corrected chi connectivity index (χ3v) is 5.14. The van der Waals surface area contributed by atoms with Gasteiger partial charge in [-0.2, -0.15) is 0 Å². The molecule has 2 aromatic rings. The number of carbonyl (C=O) groups is 3. The summed E-state index contributed by atoms with van der Waals surface area (Å²) in [6.45, 7) is 2.66. The first-order chi connectivity index (χ1) is 13.0. The van der Waals surface area contributed by atoms with Gasteiger partial charge in [-0.05, 0) is 30.5 Å². The predicted octanol–water partition coefficient (Wildman–Crippen LogP) is 2.34. The summed E-state index contributed by atoms with van der Waals surface area (Å²) in [5, 5.41) is 2.32. The van der Waals surface area contributed by atoms with Crippen molar-refractivity contribution in [3.05, 3.63) is 64.7 Å². The number of amides is 3. The van der Waals surface area contributed by atoms with E-state index < -0.39 is 11.9 Å². The fourth-order valence-electron chi connectivity index (χ4n) is 3.70. The van der Waals surface area contributed by atoms with E-state index in [1.165, 1.54) is 0 Å². The van der Waals surface area contributed by atoms with Gasteiger partial charge in [-0.1, -0.05) is 36.4 Å². The normalized spacial score (nSPS) is 19.1. The van der Waals surface area contributed by atoms with Crippen molar-refractivity contribution in [3.63, 3.8) is 0 Å². The van der Waals surface area contributed by atoms with Crippen LogP contribution in [0.1, 0.15) is 39.9 Å². The number of nitrogens with zero attached hydrogens (tertiary/aromatic N) is 1. The Bertz CT molecular complexity index is 923. The number of fused-ring (bicyclic) bond motifs is 1. The molecule has 1 atom stereocenters. The molecule has 27 heavy (non-hydrogen) atoms. The van der Waals surface area contributed by atoms with Crippen LogP contribution in [0.25, 0.3) is 0 Å². The molecule has 1 fully saturated rings. The van der Waals surface area contributed by atoms with Crippen LogP contribution in [0.15, 0.2) is 42.5 Å². The molecule has 138 valence electrons. The Morgan fingerprint density at radius 2 is 1.89 bits per heavy atom. The monoisotopic (exact) mass is 364 g/mol. The van der Waals surface area contributed by atoms with Crippen molar-refractivity contribution in [3.8, 4) is 5.75 Å². The van der Waals surface area contributed by atoms with E-state index in [1.54, 1.807) is 4.90 Å². The molecule has 2 aliphatic heterocycles. The minimum atomic E-state index is -0.601. The highest BCUT2D eigenvalue weighted by Crippen LogP contribution is 2.34. The van der Waals surface area contributed by atoms with Crippen LogP contribution in [0.5, 0.6) is 5.75 Å². The topological polar surface area (TPSA) is 75.7 Å². The molecular weight excluding hydrogens is 344 g/mol. The summed E-state index contributed by atoms with van der Waals surface area (Å²) in [7, 11) is 0. The molecule has 0 bridgehead atoms. The highest BCUT2D eigenvalue weighted by Gasteiger charge is 2.40. The maximum atomic E-state index is 13.0. The number of rotatable bonds is 4. The minimum absolute atomic E-state index is 0.179. The zero-order valence-electron chi connectivity index (χ0n) is 15.0. The Labute approximate surface area is 157 Å². The van der Waals surface area contributed by atoms with Crippen LogP contribution in [0, 0.1) is 6.92 Å². The van der Waals surface area contributed by atoms with Crippen LogP contribution in [0.3, 0.4) is 0 Å². The second-order valence-corrected chi connectivity index (χ2v) is 6.90. The zero-order valence-corrected chi connectivity index (χ0v) is 15.0. The number of piperidine rings is 1. The van der Waals surface area contributed by atoms with Crippen molar-refractivity contribution < 1.29 is 19.1 Å². The predicted molar refractivity (Wildman–Crippen MR) is 98.0 cm³/mol. The van der Waals surface area contributed by atoms with E-state index in [9.17, 15) is 14.4 Å². The van der Waals surface area contributed by atoms with Gasteiger partial charge in [-0.3, -0.25) is 19.7 Å². The SMILES string of the molecule is Cc1c(OCc2ccccc2)ccc2c1C(=O)N(C1CCC(=O)NC1=O)C2. The van der Waals surface area contributed by atoms with Crippen molar-refractivity contribution in [2.75, 3.05) is 0 Å². The summed E-state index contributed by atoms with van der Waals surface area (Å²) < 4.78 is 5.92. The van der Waals surface area contributed by atoms with Gasteiger partial charge in [0.25, 0.3) is 5.91 Å². The first-order valence-electron chi connectivity index (χ1n) is 8.98. The maximum absolute atomic E-state index is 13.0. The van der Waals surface area contributed by atoms with E-state index in [2.05, 4.69) is 5.32 Å². The number of hydrogen-bond donors (Lipinski definition) is 1. The fraction of sp³-hybridized carbons (Fsp3) is 0.286. The van der Waals surface area contributed by atoms with Gasteiger partial charge in [0, 0.05) is 18.5 Å². The summed E-state index contributed by atoms with van der Waals surface area (Å²) in [6.07, 6.45) is 0.613. The van der Waals surface area contributed by atoms with Crippen LogP contribution in [-0.4, -0.2) is 28.7 Å². The third-order valence-electron chi connectivity index (χ3n) is 5.14. The van der Waals surface area contributed by atoms with Crippen molar-refractivity contribution in [2.24, 2.45) is 0 Å². The number of hydrogen-bond acceptors (Lipinski definition) is 4. The van der Waals surface area contributed by atoms with E-state index in [1.807, 2.05) is 49.4 Å². The lowest BCUT2D eigenvalue weighted by atomic mass is 10.0. The zero-order chi connectivity index (χ0) is 19.0. The lowest BCUT2D eigenvalue weighted by Gasteiger charge is -2.29. The Kier molecular flexibility index (Phi) is 4.39. The van der Waals surface area contributed by atoms with Gasteiger partial charge in [0.1, 0.15) is 18.4 Å². The molecule has 1 saturated heterocycles. The Morgan fingerprint density at radius 1 is 1.11 bits per heavy atom. The summed E-state index contributed by atoms with van der Waals surface area (Å²) in [6, 6.07) is 13.0. The van der Waals surface area contributed by atoms with Gasteiger partial charge in [0.05, 0.1) is 5.56 Å². The highest BCUT2D eigenvalue weighted by atomic mass is 16.5. The van der Waals surface area contributed by atoms with Crippen LogP contribution in [0.4, 0.5) is 0 Å². The average molecular weight is 364 g/mol. The second kappa shape index (κ2) is 6.87. The number of benzene rings is 2. The van der Waals surface area contributed by atoms with E-state index in [0.717, 1.165) is 16.7 Å². The Hall–Kier alpha value is -3.15. The molecule has 6 nitrogen and oxygen atoms in total. The van der Waals surface area contributed by atoms with Crippen molar-refractivity contribution in [1.82, 2.24) is 10.2 Å². The molecule has 0 aromatic heterocycles. The smallest absolute Gasteiger partial charge is 0.255 e. The third kappa shape index (κ3) is 3.18. The van der Waals surface area contributed by atoms with Gasteiger partial charge in [0.2, 0.25) is 11.8 Å². The van der Waals surface area contributed by atoms with Gasteiger partial charge in [0.15, 0.2) is 0 Å². The average Bonchev–Trinajstić information content (AvgIpc) is 2.99. The molecule has 1 unspecified atom stereocenters. The lowest BCUT2D eigenvalue weighted by Crippen LogP contribution is -2.52. The molecule has 4 rings (SSSR count). The number of nitrogens with one attached hydrogen (secondary N) is 1. The maximum Gasteiger partial charge on any atom is 0.255 e. The van der Waals surface area contributed by atoms with E-state index >= 15 is 0 Å². The Morgan fingerprint density at radius 3 is 2.63 bits per heavy atom. The van der Waals surface area contributed by atoms with Gasteiger partial charge >= 0.3 is 0 Å². The second-order valence-electron chi connectivity index (χ2n) is 6.90. The molecular formula is C21H20N2O4. The van der Waals surface area contributed by atoms with E-state index in [-0.39, 0.29) is 18.2 Å². The van der Waals surface area contributed by atoms with Crippen LogP contribution >= 0.6 is 0 Å². The number of carbonyl (C=O) groups excluding carboxylic acids is 3. The summed E-state index contributed by atoms with van der Waals surface area (Å²) >= 11 is 0. The van der Waals surface area contributed by atoms with Gasteiger partial charge in [-0.15, -0.1) is 0 Å². The molecule has 2 heterocycles. The van der Waals surface area contributed by atoms with Crippen LogP contribution in [0.2, 0.25) is 0 Å². The van der Waals surface area contributed by atoms with Crippen LogP contribution in [-0.2, 0) is 22.7 Å². The fourth-order valence-corrected chi connectivity index (χ4v) is 3.70. The standard InChI is InChI=1S/C21H20N2O4/c1-13-17(27-12-14-5-3-2-4-6-14)9-7-15-11-23(21(26)19(13)15)16-8-10-18(24)22-20(16)25/h2-7,9,16H,8,10-12H2,1H3,(H,22,24,25). The van der Waals surface area contributed by atoms with Crippen molar-refractivity contribution in [1.29, 1.82) is 0 Å². The molecule has 0 saturated carbocycles. The molecule has 0 spiro atoms. The molecule has 2 aromatic carbocycles. The summed E-state index contributed by atoms with van der Waals surface area (Å²) in [5.74, 6) is -0.197. The molecule has 3 amide bonds. The van der Waals surface area contributed by atoms with Gasteiger partial charge in [-0.25, -0.2) is 0 Å².